The smallest absolute Gasteiger partial charge is 0.108 e. The summed E-state index contributed by atoms with van der Waals surface area (Å²) in [6, 6.07) is 0. The van der Waals surface area contributed by atoms with Gasteiger partial charge in [-0.15, -0.1) is 5.10 Å². The van der Waals surface area contributed by atoms with Gasteiger partial charge in [-0.05, 0) is 12.5 Å². The van der Waals surface area contributed by atoms with Crippen molar-refractivity contribution < 1.29 is 0 Å². The third-order valence-corrected chi connectivity index (χ3v) is 1.04. The van der Waals surface area contributed by atoms with Crippen molar-refractivity contribution in [3.63, 3.8) is 0 Å². The zero-order valence-electron chi connectivity index (χ0n) is 5.63. The number of rotatable bonds is 1. The third kappa shape index (κ3) is 1.16. The van der Waals surface area contributed by atoms with Gasteiger partial charge < -0.3 is 0 Å². The second-order valence-electron chi connectivity index (χ2n) is 2.06. The molecule has 0 saturated carbocycles. The molecule has 0 saturated heterocycles. The molecule has 48 valence electrons. The highest BCUT2D eigenvalue weighted by Crippen LogP contribution is 2.03. The highest BCUT2D eigenvalue weighted by Gasteiger charge is 1.95. The Morgan fingerprint density at radius 3 is 2.67 bits per heavy atom. The van der Waals surface area contributed by atoms with E-state index in [9.17, 15) is 0 Å². The van der Waals surface area contributed by atoms with Crippen LogP contribution in [0.15, 0.2) is 12.8 Å². The maximum Gasteiger partial charge on any atom is 0.108 e. The number of nitrogens with zero attached hydrogens (tertiary/aromatic N) is 3. The Balaban J connectivity index is 2.98. The second kappa shape index (κ2) is 2.01. The standard InChI is InChI=1S/C6H9N3/c1-5(2)6-4-9(3)8-7-6/h4H,1H2,2-3H3. The highest BCUT2D eigenvalue weighted by atomic mass is 15.4. The van der Waals surface area contributed by atoms with Crippen LogP contribution < -0.4 is 0 Å². The van der Waals surface area contributed by atoms with E-state index in [1.807, 2.05) is 20.2 Å². The Hall–Kier alpha value is -1.12. The van der Waals surface area contributed by atoms with Crippen molar-refractivity contribution in [1.29, 1.82) is 0 Å². The second-order valence-corrected chi connectivity index (χ2v) is 2.06. The van der Waals surface area contributed by atoms with E-state index < -0.39 is 0 Å². The molecule has 0 atom stereocenters. The molecule has 9 heavy (non-hydrogen) atoms. The van der Waals surface area contributed by atoms with Crippen LogP contribution in [-0.2, 0) is 7.05 Å². The van der Waals surface area contributed by atoms with Gasteiger partial charge in [-0.3, -0.25) is 4.68 Å². The molecule has 0 unspecified atom stereocenters. The highest BCUT2D eigenvalue weighted by molar-refractivity contribution is 5.56. The van der Waals surface area contributed by atoms with Gasteiger partial charge in [0.05, 0.1) is 6.20 Å². The van der Waals surface area contributed by atoms with Crippen LogP contribution in [0.5, 0.6) is 0 Å². The SMILES string of the molecule is C=C(C)c1cn(C)nn1. The molecule has 0 bridgehead atoms. The summed E-state index contributed by atoms with van der Waals surface area (Å²) in [7, 11) is 1.83. The summed E-state index contributed by atoms with van der Waals surface area (Å²) in [6.07, 6.45) is 1.84. The number of aromatic nitrogens is 3. The molecular formula is C6H9N3. The van der Waals surface area contributed by atoms with Crippen molar-refractivity contribution >= 4 is 5.57 Å². The molecule has 1 rings (SSSR count). The summed E-state index contributed by atoms with van der Waals surface area (Å²) in [5, 5.41) is 7.57. The molecule has 0 aliphatic rings. The van der Waals surface area contributed by atoms with Gasteiger partial charge in [0.25, 0.3) is 0 Å². The van der Waals surface area contributed by atoms with E-state index in [4.69, 9.17) is 0 Å². The Bertz CT molecular complexity index is 224. The zero-order chi connectivity index (χ0) is 6.85. The van der Waals surface area contributed by atoms with Crippen molar-refractivity contribution in [1.82, 2.24) is 15.0 Å². The summed E-state index contributed by atoms with van der Waals surface area (Å²) in [5.41, 5.74) is 1.81. The minimum absolute atomic E-state index is 0.859. The van der Waals surface area contributed by atoms with Gasteiger partial charge in [0.15, 0.2) is 0 Å². The first-order chi connectivity index (χ1) is 4.20. The Morgan fingerprint density at radius 1 is 1.78 bits per heavy atom. The van der Waals surface area contributed by atoms with Crippen LogP contribution in [0.25, 0.3) is 5.57 Å². The fraction of sp³-hybridized carbons (Fsp3) is 0.333. The van der Waals surface area contributed by atoms with E-state index in [2.05, 4.69) is 16.9 Å². The first-order valence-corrected chi connectivity index (χ1v) is 2.72. The molecule has 0 amide bonds. The number of hydrogen-bond acceptors (Lipinski definition) is 2. The largest absolute Gasteiger partial charge is 0.255 e. The summed E-state index contributed by atoms with van der Waals surface area (Å²) in [4.78, 5) is 0. The molecule has 0 aliphatic heterocycles. The summed E-state index contributed by atoms with van der Waals surface area (Å²) in [6.45, 7) is 5.63. The van der Waals surface area contributed by atoms with E-state index in [0.29, 0.717) is 0 Å². The average molecular weight is 123 g/mol. The molecule has 0 N–H and O–H groups in total. The number of allylic oxidation sites excluding steroid dienone is 1. The van der Waals surface area contributed by atoms with Crippen LogP contribution >= 0.6 is 0 Å². The zero-order valence-corrected chi connectivity index (χ0v) is 5.63. The molecule has 0 fully saturated rings. The molecule has 3 heteroatoms. The molecule has 1 aromatic rings. The fourth-order valence-electron chi connectivity index (χ4n) is 0.543. The molecular weight excluding hydrogens is 114 g/mol. The lowest BCUT2D eigenvalue weighted by atomic mass is 10.3. The minimum atomic E-state index is 0.859. The lowest BCUT2D eigenvalue weighted by molar-refractivity contribution is 0.714. The summed E-state index contributed by atoms with van der Waals surface area (Å²) < 4.78 is 1.66. The summed E-state index contributed by atoms with van der Waals surface area (Å²) in [5.74, 6) is 0. The Kier molecular flexibility index (Phi) is 1.34. The van der Waals surface area contributed by atoms with Crippen molar-refractivity contribution in [2.24, 2.45) is 7.05 Å². The van der Waals surface area contributed by atoms with Crippen LogP contribution in [0.3, 0.4) is 0 Å². The van der Waals surface area contributed by atoms with Crippen LogP contribution in [0.1, 0.15) is 12.6 Å². The van der Waals surface area contributed by atoms with Crippen LogP contribution in [0.2, 0.25) is 0 Å². The molecule has 0 aliphatic carbocycles. The monoisotopic (exact) mass is 123 g/mol. The molecule has 1 aromatic heterocycles. The van der Waals surface area contributed by atoms with Crippen LogP contribution in [0.4, 0.5) is 0 Å². The third-order valence-electron chi connectivity index (χ3n) is 1.04. The Morgan fingerprint density at radius 2 is 2.44 bits per heavy atom. The summed E-state index contributed by atoms with van der Waals surface area (Å²) >= 11 is 0. The lowest BCUT2D eigenvalue weighted by Gasteiger charge is -1.84. The van der Waals surface area contributed by atoms with Gasteiger partial charge in [-0.1, -0.05) is 11.8 Å². The van der Waals surface area contributed by atoms with Gasteiger partial charge in [0.2, 0.25) is 0 Å². The van der Waals surface area contributed by atoms with E-state index in [-0.39, 0.29) is 0 Å². The van der Waals surface area contributed by atoms with Gasteiger partial charge in [-0.25, -0.2) is 0 Å². The topological polar surface area (TPSA) is 30.7 Å². The number of hydrogen-bond donors (Lipinski definition) is 0. The lowest BCUT2D eigenvalue weighted by Crippen LogP contribution is -1.85. The predicted molar refractivity (Wildman–Crippen MR) is 35.7 cm³/mol. The predicted octanol–water partition coefficient (Wildman–Crippen LogP) is 0.848. The first kappa shape index (κ1) is 6.01. The van der Waals surface area contributed by atoms with Gasteiger partial charge in [-0.2, -0.15) is 0 Å². The number of aryl methyl sites for hydroxylation is 1. The fourth-order valence-corrected chi connectivity index (χ4v) is 0.543. The van der Waals surface area contributed by atoms with Crippen molar-refractivity contribution in [2.75, 3.05) is 0 Å². The van der Waals surface area contributed by atoms with Crippen LogP contribution in [-0.4, -0.2) is 15.0 Å². The Labute approximate surface area is 54.0 Å². The maximum atomic E-state index is 3.83. The molecule has 0 radical (unpaired) electrons. The van der Waals surface area contributed by atoms with Crippen molar-refractivity contribution in [2.45, 2.75) is 6.92 Å². The molecule has 0 aromatic carbocycles. The maximum absolute atomic E-state index is 3.83. The van der Waals surface area contributed by atoms with E-state index in [0.717, 1.165) is 11.3 Å². The van der Waals surface area contributed by atoms with E-state index in [1.165, 1.54) is 0 Å². The van der Waals surface area contributed by atoms with E-state index in [1.54, 1.807) is 4.68 Å². The minimum Gasteiger partial charge on any atom is -0.255 e. The van der Waals surface area contributed by atoms with Crippen molar-refractivity contribution in [3.05, 3.63) is 18.5 Å². The van der Waals surface area contributed by atoms with Gasteiger partial charge >= 0.3 is 0 Å². The average Bonchev–Trinajstić information content (AvgIpc) is 2.14. The first-order valence-electron chi connectivity index (χ1n) is 2.72. The molecule has 3 nitrogen and oxygen atoms in total. The van der Waals surface area contributed by atoms with Crippen LogP contribution in [0, 0.1) is 0 Å². The van der Waals surface area contributed by atoms with Gasteiger partial charge in [0, 0.05) is 7.05 Å². The molecule has 1 heterocycles. The quantitative estimate of drug-likeness (QED) is 0.554. The normalized spacial score (nSPS) is 9.56. The van der Waals surface area contributed by atoms with Gasteiger partial charge in [0.1, 0.15) is 5.69 Å². The molecule has 0 spiro atoms. The van der Waals surface area contributed by atoms with Crippen molar-refractivity contribution in [3.8, 4) is 0 Å². The van der Waals surface area contributed by atoms with E-state index >= 15 is 0 Å².